The molecule has 1 unspecified atom stereocenters. The second-order valence-electron chi connectivity index (χ2n) is 4.21. The fourth-order valence-electron chi connectivity index (χ4n) is 1.84. The fraction of sp³-hybridized carbons (Fsp3) is 0.333. The zero-order valence-electron chi connectivity index (χ0n) is 9.34. The van der Waals surface area contributed by atoms with Gasteiger partial charge in [-0.3, -0.25) is 0 Å². The van der Waals surface area contributed by atoms with Crippen molar-refractivity contribution in [1.82, 2.24) is 5.01 Å². The van der Waals surface area contributed by atoms with Gasteiger partial charge in [-0.15, -0.1) is 0 Å². The van der Waals surface area contributed by atoms with Gasteiger partial charge >= 0.3 is 0 Å². The fourth-order valence-corrected chi connectivity index (χ4v) is 2.21. The summed E-state index contributed by atoms with van der Waals surface area (Å²) in [4.78, 5) is 0.558. The van der Waals surface area contributed by atoms with E-state index in [9.17, 15) is 5.11 Å². The van der Waals surface area contributed by atoms with Crippen molar-refractivity contribution in [1.29, 1.82) is 0 Å². The number of benzene rings is 1. The predicted octanol–water partition coefficient (Wildman–Crippen LogP) is 2.15. The molecule has 0 radical (unpaired) electrons. The van der Waals surface area contributed by atoms with Crippen LogP contribution < -0.4 is 0 Å². The molecule has 0 aromatic heterocycles. The van der Waals surface area contributed by atoms with E-state index in [0.717, 1.165) is 11.3 Å². The van der Waals surface area contributed by atoms with Gasteiger partial charge in [0.25, 0.3) is 0 Å². The maximum Gasteiger partial charge on any atom is 0.161 e. The van der Waals surface area contributed by atoms with E-state index in [2.05, 4.69) is 5.10 Å². The molecule has 0 fully saturated rings. The normalized spacial score (nSPS) is 24.4. The first-order valence-corrected chi connectivity index (χ1v) is 5.57. The summed E-state index contributed by atoms with van der Waals surface area (Å²) in [7, 11) is 0. The monoisotopic (exact) mass is 234 g/mol. The Labute approximate surface area is 100 Å². The Morgan fingerprint density at radius 3 is 2.56 bits per heavy atom. The van der Waals surface area contributed by atoms with Crippen LogP contribution in [0, 0.1) is 0 Å². The first kappa shape index (κ1) is 11.2. The lowest BCUT2D eigenvalue weighted by Crippen LogP contribution is -2.42. The van der Waals surface area contributed by atoms with Crippen molar-refractivity contribution in [3.8, 4) is 0 Å². The highest BCUT2D eigenvalue weighted by atomic mass is 32.1. The van der Waals surface area contributed by atoms with Crippen molar-refractivity contribution < 1.29 is 5.11 Å². The zero-order valence-corrected chi connectivity index (χ0v) is 10.2. The summed E-state index contributed by atoms with van der Waals surface area (Å²) >= 11 is 5.34. The highest BCUT2D eigenvalue weighted by Gasteiger charge is 2.37. The first-order chi connectivity index (χ1) is 7.50. The highest BCUT2D eigenvalue weighted by molar-refractivity contribution is 7.80. The van der Waals surface area contributed by atoms with E-state index in [1.807, 2.05) is 37.3 Å². The summed E-state index contributed by atoms with van der Waals surface area (Å²) < 4.78 is 0. The van der Waals surface area contributed by atoms with Crippen LogP contribution in [0.5, 0.6) is 0 Å². The Hall–Kier alpha value is -1.26. The number of hydrazone groups is 1. The molecule has 2 rings (SSSR count). The van der Waals surface area contributed by atoms with Gasteiger partial charge in [-0.2, -0.15) is 5.10 Å². The van der Waals surface area contributed by atoms with Crippen LogP contribution in [0.2, 0.25) is 0 Å². The minimum Gasteiger partial charge on any atom is -0.369 e. The lowest BCUT2D eigenvalue weighted by atomic mass is 10.1. The van der Waals surface area contributed by atoms with Crippen LogP contribution in [0.4, 0.5) is 0 Å². The molecule has 0 bridgehead atoms. The van der Waals surface area contributed by atoms with Crippen molar-refractivity contribution in [3.05, 3.63) is 35.9 Å². The molecule has 1 aliphatic heterocycles. The van der Waals surface area contributed by atoms with Crippen LogP contribution in [0.3, 0.4) is 0 Å². The molecule has 0 amide bonds. The van der Waals surface area contributed by atoms with Gasteiger partial charge in [-0.25, -0.2) is 5.01 Å². The summed E-state index contributed by atoms with van der Waals surface area (Å²) in [5, 5.41) is 16.0. The summed E-state index contributed by atoms with van der Waals surface area (Å²) in [5.74, 6) is 0. The summed E-state index contributed by atoms with van der Waals surface area (Å²) in [6.45, 7) is 3.62. The smallest absolute Gasteiger partial charge is 0.161 e. The minimum absolute atomic E-state index is 0.528. The minimum atomic E-state index is -1.00. The molecule has 1 heterocycles. The standard InChI is InChI=1S/C12H14N2OS/c1-9-8-12(2,15)14(13-9)11(16)10-6-4-3-5-7-10/h3-7,15H,8H2,1-2H3. The van der Waals surface area contributed by atoms with Crippen LogP contribution in [0.1, 0.15) is 25.8 Å². The highest BCUT2D eigenvalue weighted by Crippen LogP contribution is 2.26. The Kier molecular flexibility index (Phi) is 2.78. The predicted molar refractivity (Wildman–Crippen MR) is 68.3 cm³/mol. The number of nitrogens with zero attached hydrogens (tertiary/aromatic N) is 2. The van der Waals surface area contributed by atoms with Crippen molar-refractivity contribution in [2.24, 2.45) is 5.10 Å². The lowest BCUT2D eigenvalue weighted by molar-refractivity contribution is -0.0311. The molecule has 1 atom stereocenters. The van der Waals surface area contributed by atoms with Crippen LogP contribution in [-0.2, 0) is 0 Å². The zero-order chi connectivity index (χ0) is 11.8. The number of thiocarbonyl (C=S) groups is 1. The third-order valence-electron chi connectivity index (χ3n) is 2.53. The second kappa shape index (κ2) is 3.96. The Morgan fingerprint density at radius 2 is 2.06 bits per heavy atom. The van der Waals surface area contributed by atoms with E-state index in [0.29, 0.717) is 11.4 Å². The van der Waals surface area contributed by atoms with Gasteiger partial charge in [0, 0.05) is 17.7 Å². The SMILES string of the molecule is CC1=NN(C(=S)c2ccccc2)C(C)(O)C1. The second-order valence-corrected chi connectivity index (χ2v) is 4.60. The Bertz CT molecular complexity index is 440. The van der Waals surface area contributed by atoms with Gasteiger partial charge in [0.05, 0.1) is 0 Å². The molecule has 1 aromatic carbocycles. The summed E-state index contributed by atoms with van der Waals surface area (Å²) in [6, 6.07) is 9.61. The van der Waals surface area contributed by atoms with Gasteiger partial charge in [-0.05, 0) is 13.8 Å². The third-order valence-corrected chi connectivity index (χ3v) is 2.94. The lowest BCUT2D eigenvalue weighted by Gasteiger charge is -2.29. The van der Waals surface area contributed by atoms with Gasteiger partial charge in [0.15, 0.2) is 5.72 Å². The number of rotatable bonds is 1. The molecule has 0 saturated heterocycles. The number of aliphatic hydroxyl groups is 1. The topological polar surface area (TPSA) is 35.8 Å². The van der Waals surface area contributed by atoms with Crippen LogP contribution in [-0.4, -0.2) is 26.5 Å². The quantitative estimate of drug-likeness (QED) is 0.756. The Morgan fingerprint density at radius 1 is 1.44 bits per heavy atom. The van der Waals surface area contributed by atoms with E-state index in [4.69, 9.17) is 12.2 Å². The molecule has 0 saturated carbocycles. The maximum atomic E-state index is 10.2. The average Bonchev–Trinajstić information content (AvgIpc) is 2.52. The van der Waals surface area contributed by atoms with E-state index in [1.54, 1.807) is 6.92 Å². The summed E-state index contributed by atoms with van der Waals surface area (Å²) in [5.41, 5.74) is 0.788. The molecule has 0 spiro atoms. The Balaban J connectivity index is 2.30. The van der Waals surface area contributed by atoms with Crippen LogP contribution in [0.15, 0.2) is 35.4 Å². The number of hydrogen-bond acceptors (Lipinski definition) is 3. The van der Waals surface area contributed by atoms with E-state index >= 15 is 0 Å². The number of hydrogen-bond donors (Lipinski definition) is 1. The molecule has 4 heteroatoms. The summed E-state index contributed by atoms with van der Waals surface area (Å²) in [6.07, 6.45) is 0.528. The molecule has 3 nitrogen and oxygen atoms in total. The van der Waals surface area contributed by atoms with Gasteiger partial charge < -0.3 is 5.11 Å². The first-order valence-electron chi connectivity index (χ1n) is 5.17. The molecular weight excluding hydrogens is 220 g/mol. The molecule has 1 N–H and O–H groups in total. The molecule has 1 aromatic rings. The van der Waals surface area contributed by atoms with Crippen molar-refractivity contribution in [3.63, 3.8) is 0 Å². The van der Waals surface area contributed by atoms with E-state index in [-0.39, 0.29) is 0 Å². The molecule has 0 aliphatic carbocycles. The van der Waals surface area contributed by atoms with Gasteiger partial charge in [-0.1, -0.05) is 42.5 Å². The molecular formula is C12H14N2OS. The van der Waals surface area contributed by atoms with E-state index in [1.165, 1.54) is 5.01 Å². The van der Waals surface area contributed by atoms with Gasteiger partial charge in [0.2, 0.25) is 0 Å². The average molecular weight is 234 g/mol. The third kappa shape index (κ3) is 1.99. The molecule has 1 aliphatic rings. The van der Waals surface area contributed by atoms with Crippen molar-refractivity contribution in [2.75, 3.05) is 0 Å². The van der Waals surface area contributed by atoms with Crippen LogP contribution >= 0.6 is 12.2 Å². The van der Waals surface area contributed by atoms with Crippen molar-refractivity contribution in [2.45, 2.75) is 26.0 Å². The van der Waals surface area contributed by atoms with Crippen LogP contribution in [0.25, 0.3) is 0 Å². The van der Waals surface area contributed by atoms with E-state index < -0.39 is 5.72 Å². The molecule has 84 valence electrons. The van der Waals surface area contributed by atoms with Crippen molar-refractivity contribution >= 4 is 22.9 Å². The maximum absolute atomic E-state index is 10.2. The molecule has 16 heavy (non-hydrogen) atoms. The van der Waals surface area contributed by atoms with Gasteiger partial charge in [0.1, 0.15) is 4.99 Å². The largest absolute Gasteiger partial charge is 0.369 e.